The summed E-state index contributed by atoms with van der Waals surface area (Å²) in [6.45, 7) is 18.9. The highest BCUT2D eigenvalue weighted by atomic mass is 28.4. The molecule has 11 heteroatoms. The maximum Gasteiger partial charge on any atom is 0.407 e. The molecule has 0 saturated carbocycles. The lowest BCUT2D eigenvalue weighted by Crippen LogP contribution is -2.66. The molecule has 0 atom stereocenters. The second-order valence-corrected chi connectivity index (χ2v) is 16.9. The highest BCUT2D eigenvalue weighted by molar-refractivity contribution is 6.99. The monoisotopic (exact) mass is 663 g/mol. The van der Waals surface area contributed by atoms with Gasteiger partial charge in [0.2, 0.25) is 0 Å². The molecule has 46 heavy (non-hydrogen) atoms. The van der Waals surface area contributed by atoms with Crippen molar-refractivity contribution in [1.29, 1.82) is 0 Å². The molecule has 260 valence electrons. The second-order valence-electron chi connectivity index (χ2n) is 12.6. The fraction of sp³-hybridized carbons (Fsp3) is 0.629. The predicted molar refractivity (Wildman–Crippen MR) is 183 cm³/mol. The van der Waals surface area contributed by atoms with Crippen molar-refractivity contribution in [2.75, 3.05) is 92.4 Å². The first-order chi connectivity index (χ1) is 22.1. The van der Waals surface area contributed by atoms with Gasteiger partial charge in [0.05, 0.1) is 85.9 Å². The number of benzene rings is 2. The minimum absolute atomic E-state index is 0.0570. The van der Waals surface area contributed by atoms with Gasteiger partial charge >= 0.3 is 6.09 Å². The summed E-state index contributed by atoms with van der Waals surface area (Å²) in [5.74, 6) is 0. The highest BCUT2D eigenvalue weighted by Gasteiger charge is 2.50. The second kappa shape index (κ2) is 22.3. The summed E-state index contributed by atoms with van der Waals surface area (Å²) in [5, 5.41) is 5.11. The maximum absolute atomic E-state index is 11.5. The first-order valence-electron chi connectivity index (χ1n) is 16.2. The standard InChI is InChI=1S/C35H57NO9Si/c1-34(2,3)45-33(37)36-17-18-38-19-20-39-21-22-40-23-24-41-25-26-42-27-28-43-29-30-44-46(35(4,5)6,31-13-9-7-10-14-31)32-15-11-8-12-16-32/h7-16H,17-30H2,1-6H3,(H,36,37). The lowest BCUT2D eigenvalue weighted by molar-refractivity contribution is -0.0178. The van der Waals surface area contributed by atoms with Crippen molar-refractivity contribution in [1.82, 2.24) is 5.32 Å². The Hall–Kier alpha value is -2.35. The fourth-order valence-corrected chi connectivity index (χ4v) is 9.30. The topological polar surface area (TPSA) is 103 Å². The van der Waals surface area contributed by atoms with E-state index < -0.39 is 20.0 Å². The molecule has 1 N–H and O–H groups in total. The SMILES string of the molecule is CC(C)(C)OC(=O)NCCOCCOCCOCCOCCOCCOCCO[Si](c1ccccc1)(c1ccccc1)C(C)(C)C. The lowest BCUT2D eigenvalue weighted by Gasteiger charge is -2.43. The van der Waals surface area contributed by atoms with Gasteiger partial charge in [-0.15, -0.1) is 0 Å². The molecule has 0 unspecified atom stereocenters. The molecular weight excluding hydrogens is 606 g/mol. The summed E-state index contributed by atoms with van der Waals surface area (Å²) < 4.78 is 45.4. The zero-order valence-corrected chi connectivity index (χ0v) is 29.8. The van der Waals surface area contributed by atoms with Crippen LogP contribution in [0, 0.1) is 0 Å². The van der Waals surface area contributed by atoms with Crippen molar-refractivity contribution in [3.63, 3.8) is 0 Å². The number of hydrogen-bond acceptors (Lipinski definition) is 9. The van der Waals surface area contributed by atoms with Crippen LogP contribution in [0.1, 0.15) is 41.5 Å². The maximum atomic E-state index is 11.5. The summed E-state index contributed by atoms with van der Waals surface area (Å²) in [4.78, 5) is 11.5. The Balaban J connectivity index is 1.43. The van der Waals surface area contributed by atoms with Crippen LogP contribution in [0.4, 0.5) is 4.79 Å². The largest absolute Gasteiger partial charge is 0.444 e. The van der Waals surface area contributed by atoms with Crippen molar-refractivity contribution < 1.29 is 42.4 Å². The number of ether oxygens (including phenoxy) is 7. The van der Waals surface area contributed by atoms with Crippen LogP contribution in [0.3, 0.4) is 0 Å². The number of rotatable bonds is 24. The molecule has 0 fully saturated rings. The van der Waals surface area contributed by atoms with Crippen molar-refractivity contribution in [2.24, 2.45) is 0 Å². The third-order valence-corrected chi connectivity index (χ3v) is 11.8. The van der Waals surface area contributed by atoms with Crippen LogP contribution >= 0.6 is 0 Å². The quantitative estimate of drug-likeness (QED) is 0.131. The van der Waals surface area contributed by atoms with Crippen LogP contribution in [0.2, 0.25) is 5.04 Å². The third kappa shape index (κ3) is 16.0. The van der Waals surface area contributed by atoms with E-state index in [-0.39, 0.29) is 5.04 Å². The molecule has 0 bridgehead atoms. The van der Waals surface area contributed by atoms with E-state index in [1.807, 2.05) is 20.8 Å². The zero-order chi connectivity index (χ0) is 33.6. The van der Waals surface area contributed by atoms with E-state index in [1.54, 1.807) is 0 Å². The Morgan fingerprint density at radius 3 is 1.24 bits per heavy atom. The lowest BCUT2D eigenvalue weighted by atomic mass is 10.2. The average molecular weight is 664 g/mol. The molecule has 2 aromatic carbocycles. The fourth-order valence-electron chi connectivity index (χ4n) is 4.76. The van der Waals surface area contributed by atoms with Crippen LogP contribution in [0.15, 0.2) is 60.7 Å². The first-order valence-corrected chi connectivity index (χ1v) is 18.2. The van der Waals surface area contributed by atoms with Crippen molar-refractivity contribution in [2.45, 2.75) is 52.2 Å². The molecular formula is C35H57NO9Si. The molecule has 0 aromatic heterocycles. The molecule has 0 heterocycles. The Morgan fingerprint density at radius 1 is 0.543 bits per heavy atom. The summed E-state index contributed by atoms with van der Waals surface area (Å²) in [5.41, 5.74) is -0.510. The van der Waals surface area contributed by atoms with Crippen LogP contribution in [-0.2, 0) is 37.6 Å². The number of carbonyl (C=O) groups is 1. The molecule has 0 saturated heterocycles. The first kappa shape index (κ1) is 39.8. The van der Waals surface area contributed by atoms with Crippen LogP contribution in [0.25, 0.3) is 0 Å². The Bertz CT molecular complexity index is 1010. The minimum Gasteiger partial charge on any atom is -0.444 e. The van der Waals surface area contributed by atoms with E-state index in [9.17, 15) is 4.79 Å². The number of amides is 1. The van der Waals surface area contributed by atoms with Gasteiger partial charge in [-0.1, -0.05) is 81.4 Å². The molecule has 0 aliphatic heterocycles. The Labute approximate surface area is 277 Å². The van der Waals surface area contributed by atoms with Gasteiger partial charge in [0, 0.05) is 6.54 Å². The van der Waals surface area contributed by atoms with Crippen LogP contribution < -0.4 is 15.7 Å². The van der Waals surface area contributed by atoms with Crippen LogP contribution in [0.5, 0.6) is 0 Å². The van der Waals surface area contributed by atoms with Gasteiger partial charge in [0.25, 0.3) is 8.32 Å². The van der Waals surface area contributed by atoms with E-state index in [2.05, 4.69) is 86.8 Å². The van der Waals surface area contributed by atoms with Crippen molar-refractivity contribution in [3.05, 3.63) is 60.7 Å². The molecule has 0 spiro atoms. The smallest absolute Gasteiger partial charge is 0.407 e. The van der Waals surface area contributed by atoms with Crippen molar-refractivity contribution in [3.8, 4) is 0 Å². The van der Waals surface area contributed by atoms with Gasteiger partial charge in [-0.2, -0.15) is 0 Å². The molecule has 0 radical (unpaired) electrons. The van der Waals surface area contributed by atoms with E-state index in [0.29, 0.717) is 92.4 Å². The average Bonchev–Trinajstić information content (AvgIpc) is 3.01. The summed E-state index contributed by atoms with van der Waals surface area (Å²) in [6.07, 6.45) is -0.448. The molecule has 2 rings (SSSR count). The molecule has 0 aliphatic rings. The molecule has 2 aromatic rings. The van der Waals surface area contributed by atoms with Gasteiger partial charge in [-0.05, 0) is 36.2 Å². The van der Waals surface area contributed by atoms with Gasteiger partial charge in [0.1, 0.15) is 5.60 Å². The molecule has 1 amide bonds. The number of hydrogen-bond donors (Lipinski definition) is 1. The van der Waals surface area contributed by atoms with Crippen molar-refractivity contribution >= 4 is 24.8 Å². The summed E-state index contributed by atoms with van der Waals surface area (Å²) >= 11 is 0. The number of nitrogens with one attached hydrogen (secondary N) is 1. The minimum atomic E-state index is -2.54. The Kier molecular flexibility index (Phi) is 19.3. The van der Waals surface area contributed by atoms with Crippen LogP contribution in [-0.4, -0.2) is 112 Å². The molecule has 0 aliphatic carbocycles. The number of alkyl carbamates (subject to hydrolysis) is 1. The van der Waals surface area contributed by atoms with Gasteiger partial charge in [-0.3, -0.25) is 0 Å². The normalized spacial score (nSPS) is 12.3. The van der Waals surface area contributed by atoms with E-state index >= 15 is 0 Å². The predicted octanol–water partition coefficient (Wildman–Crippen LogP) is 4.19. The van der Waals surface area contributed by atoms with E-state index in [1.165, 1.54) is 10.4 Å². The van der Waals surface area contributed by atoms with Gasteiger partial charge in [0.15, 0.2) is 0 Å². The van der Waals surface area contributed by atoms with E-state index in [4.69, 9.17) is 37.6 Å². The third-order valence-electron chi connectivity index (χ3n) is 6.74. The Morgan fingerprint density at radius 2 is 0.891 bits per heavy atom. The van der Waals surface area contributed by atoms with Gasteiger partial charge in [-0.25, -0.2) is 4.79 Å². The highest BCUT2D eigenvalue weighted by Crippen LogP contribution is 2.36. The molecule has 10 nitrogen and oxygen atoms in total. The van der Waals surface area contributed by atoms with E-state index in [0.717, 1.165) is 0 Å². The summed E-state index contributed by atoms with van der Waals surface area (Å²) in [7, 11) is -2.54. The number of carbonyl (C=O) groups excluding carboxylic acids is 1. The van der Waals surface area contributed by atoms with Gasteiger partial charge < -0.3 is 42.9 Å². The summed E-state index contributed by atoms with van der Waals surface area (Å²) in [6, 6.07) is 21.2. The zero-order valence-electron chi connectivity index (χ0n) is 28.8.